The van der Waals surface area contributed by atoms with Crippen LogP contribution in [0, 0.1) is 0 Å². The average Bonchev–Trinajstić information content (AvgIpc) is 2.31. The van der Waals surface area contributed by atoms with Crippen molar-refractivity contribution in [1.29, 1.82) is 0 Å². The monoisotopic (exact) mass is 204 g/mol. The van der Waals surface area contributed by atoms with Crippen LogP contribution in [-0.2, 0) is 15.1 Å². The second-order valence-electron chi connectivity index (χ2n) is 2.31. The summed E-state index contributed by atoms with van der Waals surface area (Å²) in [6.45, 7) is 0.330. The molecule has 5 nitrogen and oxygen atoms in total. The third-order valence-electron chi connectivity index (χ3n) is 1.49. The molecule has 1 aromatic rings. The molecule has 0 amide bonds. The number of hydrogen-bond donors (Lipinski definition) is 1. The molecule has 7 heteroatoms. The topological polar surface area (TPSA) is 61.1 Å². The SMILES string of the molecule is Oc1coc2c1O[SiH2]O[SiH2]OC2. The van der Waals surface area contributed by atoms with E-state index >= 15 is 0 Å². The van der Waals surface area contributed by atoms with Gasteiger partial charge in [-0.25, -0.2) is 0 Å². The molecule has 0 aliphatic carbocycles. The zero-order chi connectivity index (χ0) is 8.39. The highest BCUT2D eigenvalue weighted by Crippen LogP contribution is 2.32. The first kappa shape index (κ1) is 7.86. The minimum absolute atomic E-state index is 0.0215. The molecule has 0 atom stereocenters. The summed E-state index contributed by atoms with van der Waals surface area (Å²) in [4.78, 5) is 0. The molecular weight excluding hydrogens is 196 g/mol. The highest BCUT2D eigenvalue weighted by atomic mass is 28.3. The van der Waals surface area contributed by atoms with Crippen LogP contribution in [0.3, 0.4) is 0 Å². The lowest BCUT2D eigenvalue weighted by molar-refractivity contribution is 0.230. The molecule has 0 unspecified atom stereocenters. The summed E-state index contributed by atoms with van der Waals surface area (Å²) in [6, 6.07) is 0. The van der Waals surface area contributed by atoms with Gasteiger partial charge in [-0.05, 0) is 0 Å². The molecule has 0 spiro atoms. The van der Waals surface area contributed by atoms with Crippen LogP contribution in [0.4, 0.5) is 0 Å². The Morgan fingerprint density at radius 1 is 1.42 bits per heavy atom. The molecule has 0 radical (unpaired) electrons. The van der Waals surface area contributed by atoms with Gasteiger partial charge < -0.3 is 22.5 Å². The summed E-state index contributed by atoms with van der Waals surface area (Å²) in [5, 5.41) is 9.22. The van der Waals surface area contributed by atoms with Crippen molar-refractivity contribution in [2.24, 2.45) is 0 Å². The zero-order valence-electron chi connectivity index (χ0n) is 6.28. The summed E-state index contributed by atoms with van der Waals surface area (Å²) in [5.74, 6) is 0.958. The van der Waals surface area contributed by atoms with Crippen molar-refractivity contribution in [3.8, 4) is 11.5 Å². The van der Waals surface area contributed by atoms with Crippen LogP contribution in [0.15, 0.2) is 10.7 Å². The lowest BCUT2D eigenvalue weighted by Crippen LogP contribution is -2.16. The first-order valence-corrected chi connectivity index (χ1v) is 5.76. The number of hydrogen-bond acceptors (Lipinski definition) is 5. The van der Waals surface area contributed by atoms with E-state index in [0.29, 0.717) is 18.1 Å². The Morgan fingerprint density at radius 3 is 3.25 bits per heavy atom. The van der Waals surface area contributed by atoms with Crippen LogP contribution < -0.4 is 4.43 Å². The largest absolute Gasteiger partial charge is 0.520 e. The molecule has 1 N–H and O–H groups in total. The van der Waals surface area contributed by atoms with E-state index in [1.807, 2.05) is 0 Å². The molecule has 12 heavy (non-hydrogen) atoms. The van der Waals surface area contributed by atoms with E-state index in [2.05, 4.69) is 0 Å². The van der Waals surface area contributed by atoms with E-state index in [9.17, 15) is 5.11 Å². The molecule has 0 saturated carbocycles. The van der Waals surface area contributed by atoms with Gasteiger partial charge in [-0.1, -0.05) is 0 Å². The van der Waals surface area contributed by atoms with Crippen molar-refractivity contribution in [1.82, 2.24) is 0 Å². The third kappa shape index (κ3) is 1.39. The smallest absolute Gasteiger partial charge is 0.357 e. The van der Waals surface area contributed by atoms with E-state index in [0.717, 1.165) is 0 Å². The van der Waals surface area contributed by atoms with Gasteiger partial charge in [-0.3, -0.25) is 0 Å². The molecule has 1 aliphatic rings. The van der Waals surface area contributed by atoms with Gasteiger partial charge in [0.2, 0.25) is 0 Å². The molecule has 66 valence electrons. The standard InChI is InChI=1S/C5H8O5Si2/c6-3-1-7-4-2-8-11-10-12-9-5(3)4/h1,6H,2,11-12H2. The van der Waals surface area contributed by atoms with Crippen LogP contribution in [-0.4, -0.2) is 25.1 Å². The van der Waals surface area contributed by atoms with Crippen molar-refractivity contribution in [2.75, 3.05) is 0 Å². The van der Waals surface area contributed by atoms with Crippen molar-refractivity contribution < 1.29 is 22.5 Å². The van der Waals surface area contributed by atoms with Crippen LogP contribution in [0.5, 0.6) is 11.5 Å². The first-order chi connectivity index (χ1) is 5.88. The zero-order valence-corrected chi connectivity index (χ0v) is 9.11. The molecule has 0 bridgehead atoms. The van der Waals surface area contributed by atoms with Gasteiger partial charge in [-0.2, -0.15) is 0 Å². The Kier molecular flexibility index (Phi) is 2.17. The van der Waals surface area contributed by atoms with Crippen LogP contribution in [0.1, 0.15) is 5.76 Å². The molecular formula is C5H8O5Si2. The average molecular weight is 204 g/mol. The normalized spacial score (nSPS) is 21.3. The molecule has 1 aliphatic heterocycles. The Labute approximate surface area is 73.4 Å². The highest BCUT2D eigenvalue weighted by Gasteiger charge is 2.16. The van der Waals surface area contributed by atoms with Gasteiger partial charge in [0.25, 0.3) is 10.0 Å². The summed E-state index contributed by atoms with van der Waals surface area (Å²) < 4.78 is 20.6. The fraction of sp³-hybridized carbons (Fsp3) is 0.200. The van der Waals surface area contributed by atoms with E-state index < -0.39 is 20.0 Å². The van der Waals surface area contributed by atoms with Gasteiger partial charge in [0.05, 0.1) is 6.61 Å². The number of rotatable bonds is 0. The number of aromatic hydroxyl groups is 1. The third-order valence-corrected chi connectivity index (χ3v) is 3.60. The van der Waals surface area contributed by atoms with Crippen LogP contribution in [0.25, 0.3) is 0 Å². The van der Waals surface area contributed by atoms with Gasteiger partial charge in [0.1, 0.15) is 6.26 Å². The Morgan fingerprint density at radius 2 is 2.33 bits per heavy atom. The molecule has 2 heterocycles. The number of fused-ring (bicyclic) bond motifs is 1. The maximum atomic E-state index is 9.22. The van der Waals surface area contributed by atoms with E-state index in [4.69, 9.17) is 17.4 Å². The summed E-state index contributed by atoms with van der Waals surface area (Å²) in [7, 11) is -1.92. The van der Waals surface area contributed by atoms with Crippen LogP contribution >= 0.6 is 0 Å². The quantitative estimate of drug-likeness (QED) is 0.544. The maximum Gasteiger partial charge on any atom is 0.357 e. The van der Waals surface area contributed by atoms with Gasteiger partial charge in [-0.15, -0.1) is 0 Å². The summed E-state index contributed by atoms with van der Waals surface area (Å²) in [5.41, 5.74) is 0. The fourth-order valence-corrected chi connectivity index (χ4v) is 2.73. The minimum atomic E-state index is -1.03. The van der Waals surface area contributed by atoms with Crippen molar-refractivity contribution in [3.63, 3.8) is 0 Å². The lowest BCUT2D eigenvalue weighted by atomic mass is 10.4. The Hall–Kier alpha value is -0.766. The van der Waals surface area contributed by atoms with Crippen molar-refractivity contribution in [3.05, 3.63) is 12.0 Å². The van der Waals surface area contributed by atoms with Gasteiger partial charge in [0.15, 0.2) is 17.3 Å². The second kappa shape index (κ2) is 3.31. The maximum absolute atomic E-state index is 9.22. The summed E-state index contributed by atoms with van der Waals surface area (Å²) in [6.07, 6.45) is 1.25. The predicted molar refractivity (Wildman–Crippen MR) is 44.0 cm³/mol. The van der Waals surface area contributed by atoms with Crippen molar-refractivity contribution >= 4 is 20.0 Å². The molecule has 0 saturated heterocycles. The van der Waals surface area contributed by atoms with Crippen LogP contribution in [0.2, 0.25) is 0 Å². The second-order valence-corrected chi connectivity index (χ2v) is 5.11. The molecule has 1 aromatic heterocycles. The lowest BCUT2D eigenvalue weighted by Gasteiger charge is -2.11. The first-order valence-electron chi connectivity index (χ1n) is 3.45. The molecule has 2 rings (SSSR count). The molecule has 0 fully saturated rings. The van der Waals surface area contributed by atoms with Gasteiger partial charge in [0, 0.05) is 0 Å². The number of furan rings is 1. The van der Waals surface area contributed by atoms with Gasteiger partial charge >= 0.3 is 10.0 Å². The fourth-order valence-electron chi connectivity index (χ4n) is 0.959. The van der Waals surface area contributed by atoms with E-state index in [1.54, 1.807) is 0 Å². The summed E-state index contributed by atoms with van der Waals surface area (Å²) >= 11 is 0. The Balaban J connectivity index is 2.26. The molecule has 0 aromatic carbocycles. The van der Waals surface area contributed by atoms with E-state index in [1.165, 1.54) is 6.26 Å². The van der Waals surface area contributed by atoms with Crippen molar-refractivity contribution in [2.45, 2.75) is 6.61 Å². The predicted octanol–water partition coefficient (Wildman–Crippen LogP) is -1.09. The Bertz CT molecular complexity index is 273. The highest BCUT2D eigenvalue weighted by molar-refractivity contribution is 6.35. The minimum Gasteiger partial charge on any atom is -0.520 e. The van der Waals surface area contributed by atoms with E-state index in [-0.39, 0.29) is 5.75 Å².